The summed E-state index contributed by atoms with van der Waals surface area (Å²) in [6.45, 7) is 7.17. The summed E-state index contributed by atoms with van der Waals surface area (Å²) in [5.74, 6) is 2.37. The molecule has 0 spiro atoms. The standard InChI is InChI=1S/C19H23ClN4O2/c1-3-26-19-15(5-4-6-16(19)20)13-18(25)24-11-9-23(10-12-24)17-7-8-21-14(2)22-17/h4-8H,3,9-13H2,1-2H3. The van der Waals surface area contributed by atoms with E-state index in [2.05, 4.69) is 14.9 Å². The van der Waals surface area contributed by atoms with Gasteiger partial charge in [0.05, 0.1) is 18.1 Å². The van der Waals surface area contributed by atoms with E-state index in [0.717, 1.165) is 30.3 Å². The molecule has 0 bridgehead atoms. The highest BCUT2D eigenvalue weighted by Crippen LogP contribution is 2.29. The maximum Gasteiger partial charge on any atom is 0.227 e. The molecule has 3 rings (SSSR count). The third kappa shape index (κ3) is 4.25. The van der Waals surface area contributed by atoms with Crippen LogP contribution in [0.3, 0.4) is 0 Å². The van der Waals surface area contributed by atoms with Gasteiger partial charge in [-0.1, -0.05) is 23.7 Å². The van der Waals surface area contributed by atoms with Crippen LogP contribution in [0.1, 0.15) is 18.3 Å². The lowest BCUT2D eigenvalue weighted by molar-refractivity contribution is -0.130. The Morgan fingerprint density at radius 1 is 1.23 bits per heavy atom. The highest BCUT2D eigenvalue weighted by molar-refractivity contribution is 6.32. The smallest absolute Gasteiger partial charge is 0.227 e. The minimum atomic E-state index is 0.0896. The van der Waals surface area contributed by atoms with Crippen LogP contribution in [-0.2, 0) is 11.2 Å². The second-order valence-electron chi connectivity index (χ2n) is 6.17. The van der Waals surface area contributed by atoms with E-state index in [1.54, 1.807) is 12.3 Å². The normalized spacial score (nSPS) is 14.4. The molecule has 1 aromatic carbocycles. The molecule has 2 aromatic rings. The fraction of sp³-hybridized carbons (Fsp3) is 0.421. The SMILES string of the molecule is CCOc1c(Cl)cccc1CC(=O)N1CCN(c2ccnc(C)n2)CC1. The molecule has 0 atom stereocenters. The van der Waals surface area contributed by atoms with Gasteiger partial charge in [-0.05, 0) is 26.0 Å². The topological polar surface area (TPSA) is 58.6 Å². The van der Waals surface area contributed by atoms with Gasteiger partial charge in [-0.2, -0.15) is 0 Å². The summed E-state index contributed by atoms with van der Waals surface area (Å²) >= 11 is 6.21. The zero-order valence-electron chi connectivity index (χ0n) is 15.1. The Labute approximate surface area is 158 Å². The van der Waals surface area contributed by atoms with E-state index in [1.165, 1.54) is 0 Å². The lowest BCUT2D eigenvalue weighted by Gasteiger charge is -2.35. The van der Waals surface area contributed by atoms with Crippen LogP contribution in [0.5, 0.6) is 5.75 Å². The van der Waals surface area contributed by atoms with E-state index in [0.29, 0.717) is 36.9 Å². The maximum atomic E-state index is 12.7. The van der Waals surface area contributed by atoms with Crippen LogP contribution < -0.4 is 9.64 Å². The van der Waals surface area contributed by atoms with Gasteiger partial charge in [0.2, 0.25) is 5.91 Å². The van der Waals surface area contributed by atoms with Crippen molar-refractivity contribution < 1.29 is 9.53 Å². The Bertz CT molecular complexity index is 776. The van der Waals surface area contributed by atoms with Crippen molar-refractivity contribution in [2.75, 3.05) is 37.7 Å². The number of aryl methyl sites for hydroxylation is 1. The van der Waals surface area contributed by atoms with Crippen LogP contribution in [0.2, 0.25) is 5.02 Å². The van der Waals surface area contributed by atoms with Gasteiger partial charge in [0.1, 0.15) is 17.4 Å². The van der Waals surface area contributed by atoms with Crippen molar-refractivity contribution in [3.05, 3.63) is 46.9 Å². The van der Waals surface area contributed by atoms with Gasteiger partial charge in [-0.15, -0.1) is 0 Å². The van der Waals surface area contributed by atoms with Crippen molar-refractivity contribution in [3.63, 3.8) is 0 Å². The minimum Gasteiger partial charge on any atom is -0.492 e. The van der Waals surface area contributed by atoms with Crippen molar-refractivity contribution in [2.24, 2.45) is 0 Å². The molecule has 0 aliphatic carbocycles. The third-order valence-electron chi connectivity index (χ3n) is 4.40. The molecular formula is C19H23ClN4O2. The Morgan fingerprint density at radius 2 is 2.00 bits per heavy atom. The number of carbonyl (C=O) groups is 1. The number of rotatable bonds is 5. The summed E-state index contributed by atoms with van der Waals surface area (Å²) in [4.78, 5) is 25.4. The van der Waals surface area contributed by atoms with Crippen LogP contribution in [0.25, 0.3) is 0 Å². The van der Waals surface area contributed by atoms with E-state index in [4.69, 9.17) is 16.3 Å². The van der Waals surface area contributed by atoms with Gasteiger partial charge < -0.3 is 14.5 Å². The summed E-state index contributed by atoms with van der Waals surface area (Å²) in [5.41, 5.74) is 0.832. The number of para-hydroxylation sites is 1. The number of ether oxygens (including phenoxy) is 1. The number of piperazine rings is 1. The minimum absolute atomic E-state index is 0.0896. The summed E-state index contributed by atoms with van der Waals surface area (Å²) < 4.78 is 5.62. The number of carbonyl (C=O) groups excluding carboxylic acids is 1. The van der Waals surface area contributed by atoms with Crippen LogP contribution in [0.4, 0.5) is 5.82 Å². The quantitative estimate of drug-likeness (QED) is 0.805. The van der Waals surface area contributed by atoms with Gasteiger partial charge in [-0.25, -0.2) is 9.97 Å². The van der Waals surface area contributed by atoms with E-state index in [-0.39, 0.29) is 5.91 Å². The first-order valence-electron chi connectivity index (χ1n) is 8.81. The Balaban J connectivity index is 1.62. The number of hydrogen-bond donors (Lipinski definition) is 0. The molecule has 1 aromatic heterocycles. The first-order chi connectivity index (χ1) is 12.6. The van der Waals surface area contributed by atoms with Gasteiger partial charge in [0, 0.05) is 37.9 Å². The average Bonchev–Trinajstić information content (AvgIpc) is 2.65. The second-order valence-corrected chi connectivity index (χ2v) is 6.57. The second kappa shape index (κ2) is 8.36. The summed E-state index contributed by atoms with van der Waals surface area (Å²) in [7, 11) is 0. The molecule has 1 fully saturated rings. The molecule has 138 valence electrons. The molecule has 7 heteroatoms. The summed E-state index contributed by atoms with van der Waals surface area (Å²) in [5, 5.41) is 0.543. The number of benzene rings is 1. The summed E-state index contributed by atoms with van der Waals surface area (Å²) in [6, 6.07) is 7.44. The predicted octanol–water partition coefficient (Wildman–Crippen LogP) is 2.73. The fourth-order valence-electron chi connectivity index (χ4n) is 3.08. The first kappa shape index (κ1) is 18.5. The highest BCUT2D eigenvalue weighted by Gasteiger charge is 2.23. The molecule has 0 N–H and O–H groups in total. The van der Waals surface area contributed by atoms with E-state index in [9.17, 15) is 4.79 Å². The molecule has 0 saturated carbocycles. The van der Waals surface area contributed by atoms with Crippen molar-refractivity contribution in [3.8, 4) is 5.75 Å². The molecule has 1 amide bonds. The number of hydrogen-bond acceptors (Lipinski definition) is 5. The van der Waals surface area contributed by atoms with E-state index >= 15 is 0 Å². The number of halogens is 1. The monoisotopic (exact) mass is 374 g/mol. The Kier molecular flexibility index (Phi) is 5.93. The molecule has 2 heterocycles. The lowest BCUT2D eigenvalue weighted by atomic mass is 10.1. The highest BCUT2D eigenvalue weighted by atomic mass is 35.5. The van der Waals surface area contributed by atoms with Crippen LogP contribution in [0, 0.1) is 6.92 Å². The zero-order chi connectivity index (χ0) is 18.5. The molecule has 0 radical (unpaired) electrons. The van der Waals surface area contributed by atoms with E-state index < -0.39 is 0 Å². The van der Waals surface area contributed by atoms with Gasteiger partial charge >= 0.3 is 0 Å². The fourth-order valence-corrected chi connectivity index (χ4v) is 3.33. The van der Waals surface area contributed by atoms with Crippen LogP contribution in [-0.4, -0.2) is 53.6 Å². The zero-order valence-corrected chi connectivity index (χ0v) is 15.9. The number of amides is 1. The molecule has 6 nitrogen and oxygen atoms in total. The molecule has 1 aliphatic rings. The van der Waals surface area contributed by atoms with E-state index in [1.807, 2.05) is 36.9 Å². The molecule has 1 saturated heterocycles. The third-order valence-corrected chi connectivity index (χ3v) is 4.69. The molecule has 26 heavy (non-hydrogen) atoms. The maximum absolute atomic E-state index is 12.7. The Morgan fingerprint density at radius 3 is 2.69 bits per heavy atom. The first-order valence-corrected chi connectivity index (χ1v) is 9.19. The molecule has 1 aliphatic heterocycles. The van der Waals surface area contributed by atoms with Crippen molar-refractivity contribution in [1.82, 2.24) is 14.9 Å². The summed E-state index contributed by atoms with van der Waals surface area (Å²) in [6.07, 6.45) is 2.06. The average molecular weight is 375 g/mol. The van der Waals surface area contributed by atoms with Crippen molar-refractivity contribution >= 4 is 23.3 Å². The van der Waals surface area contributed by atoms with Gasteiger partial charge in [-0.3, -0.25) is 4.79 Å². The molecule has 0 unspecified atom stereocenters. The van der Waals surface area contributed by atoms with Crippen LogP contribution in [0.15, 0.2) is 30.5 Å². The molecular weight excluding hydrogens is 352 g/mol. The number of aromatic nitrogens is 2. The van der Waals surface area contributed by atoms with Gasteiger partial charge in [0.15, 0.2) is 0 Å². The lowest BCUT2D eigenvalue weighted by Crippen LogP contribution is -2.49. The number of nitrogens with zero attached hydrogens (tertiary/aromatic N) is 4. The van der Waals surface area contributed by atoms with Crippen molar-refractivity contribution in [1.29, 1.82) is 0 Å². The number of anilines is 1. The largest absolute Gasteiger partial charge is 0.492 e. The predicted molar refractivity (Wildman–Crippen MR) is 102 cm³/mol. The van der Waals surface area contributed by atoms with Gasteiger partial charge in [0.25, 0.3) is 0 Å². The van der Waals surface area contributed by atoms with Crippen LogP contribution >= 0.6 is 11.6 Å². The van der Waals surface area contributed by atoms with Crippen molar-refractivity contribution in [2.45, 2.75) is 20.3 Å². The Hall–Kier alpha value is -2.34.